The van der Waals surface area contributed by atoms with Crippen LogP contribution >= 0.6 is 11.3 Å². The highest BCUT2D eigenvalue weighted by Gasteiger charge is 2.36. The highest BCUT2D eigenvalue weighted by molar-refractivity contribution is 7.08. The molecule has 0 bridgehead atoms. The minimum atomic E-state index is -0.288. The second-order valence-electron chi connectivity index (χ2n) is 7.88. The number of thiophene rings is 1. The van der Waals surface area contributed by atoms with E-state index in [9.17, 15) is 9.18 Å². The van der Waals surface area contributed by atoms with Gasteiger partial charge in [-0.25, -0.2) is 4.39 Å². The normalized spacial score (nSPS) is 20.2. The van der Waals surface area contributed by atoms with Gasteiger partial charge in [-0.15, -0.1) is 0 Å². The lowest BCUT2D eigenvalue weighted by atomic mass is 9.96. The molecule has 0 spiro atoms. The van der Waals surface area contributed by atoms with Crippen molar-refractivity contribution in [2.45, 2.75) is 38.9 Å². The highest BCUT2D eigenvalue weighted by atomic mass is 32.1. The van der Waals surface area contributed by atoms with Crippen molar-refractivity contribution in [2.24, 2.45) is 5.92 Å². The van der Waals surface area contributed by atoms with Gasteiger partial charge in [0.15, 0.2) is 5.76 Å². The van der Waals surface area contributed by atoms with Crippen molar-refractivity contribution >= 4 is 17.2 Å². The van der Waals surface area contributed by atoms with Crippen LogP contribution in [0.15, 0.2) is 51.7 Å². The molecule has 3 aromatic rings. The topological polar surface area (TPSA) is 58.4 Å². The zero-order chi connectivity index (χ0) is 20.4. The van der Waals surface area contributed by atoms with Crippen LogP contribution in [0, 0.1) is 11.7 Å². The van der Waals surface area contributed by atoms with E-state index in [1.165, 1.54) is 12.1 Å². The number of carbonyl (C=O) groups is 1. The largest absolute Gasteiger partial charge is 0.356 e. The molecule has 1 aliphatic rings. The molecule has 2 aromatic heterocycles. The number of halogens is 1. The van der Waals surface area contributed by atoms with Gasteiger partial charge in [-0.1, -0.05) is 19.0 Å². The zero-order valence-corrected chi connectivity index (χ0v) is 17.3. The van der Waals surface area contributed by atoms with E-state index in [2.05, 4.69) is 40.7 Å². The molecule has 0 aliphatic carbocycles. The number of piperazine rings is 1. The molecule has 4 rings (SSSR count). The van der Waals surface area contributed by atoms with Gasteiger partial charge in [0.1, 0.15) is 5.82 Å². The maximum atomic E-state index is 13.2. The van der Waals surface area contributed by atoms with Crippen LogP contribution < -0.4 is 5.32 Å². The van der Waals surface area contributed by atoms with Gasteiger partial charge >= 0.3 is 0 Å². The molecule has 2 atom stereocenters. The number of benzene rings is 1. The van der Waals surface area contributed by atoms with E-state index in [1.807, 2.05) is 11.4 Å². The summed E-state index contributed by atoms with van der Waals surface area (Å²) in [5, 5.41) is 11.5. The van der Waals surface area contributed by atoms with Crippen LogP contribution in [0.5, 0.6) is 0 Å². The molecule has 0 saturated carbocycles. The molecule has 1 aliphatic heterocycles. The van der Waals surface area contributed by atoms with Crippen molar-refractivity contribution in [3.63, 3.8) is 0 Å². The van der Waals surface area contributed by atoms with Crippen LogP contribution in [0.1, 0.15) is 37.6 Å². The summed E-state index contributed by atoms with van der Waals surface area (Å²) in [7, 11) is 0. The van der Waals surface area contributed by atoms with Crippen LogP contribution in [0.25, 0.3) is 11.3 Å². The first-order chi connectivity index (χ1) is 14.0. The first-order valence-corrected chi connectivity index (χ1v) is 10.7. The molecule has 3 heterocycles. The lowest BCUT2D eigenvalue weighted by Gasteiger charge is -2.39. The number of carbonyl (C=O) groups excluding carboxylic acids is 1. The quantitative estimate of drug-likeness (QED) is 0.640. The summed E-state index contributed by atoms with van der Waals surface area (Å²) in [6.45, 7) is 5.49. The molecule has 1 aromatic carbocycles. The molecule has 5 nitrogen and oxygen atoms in total. The van der Waals surface area contributed by atoms with Crippen molar-refractivity contribution in [3.8, 4) is 11.3 Å². The minimum Gasteiger partial charge on any atom is -0.356 e. The average molecular weight is 414 g/mol. The second kappa shape index (κ2) is 8.47. The van der Waals surface area contributed by atoms with Gasteiger partial charge in [0, 0.05) is 24.7 Å². The molecule has 1 amide bonds. The van der Waals surface area contributed by atoms with Crippen molar-refractivity contribution in [3.05, 3.63) is 64.2 Å². The maximum absolute atomic E-state index is 13.2. The van der Waals surface area contributed by atoms with E-state index in [0.29, 0.717) is 18.2 Å². The predicted molar refractivity (Wildman–Crippen MR) is 111 cm³/mol. The Kier molecular flexibility index (Phi) is 5.78. The monoisotopic (exact) mass is 413 g/mol. The standard InChI is InChI=1S/C22H24FN3O2S/c1-14(2)9-20-22(27)24-19(16-7-8-29-13-16)12-26(20)11-18-10-21(28-25-18)15-3-5-17(23)6-4-15/h3-8,10,13-14,19-20H,9,11-12H2,1-2H3,(H,24,27)/t19-,20+/m1/s1. The molecular weight excluding hydrogens is 389 g/mol. The Morgan fingerprint density at radius 2 is 2.10 bits per heavy atom. The third kappa shape index (κ3) is 4.57. The predicted octanol–water partition coefficient (Wildman–Crippen LogP) is 4.63. The average Bonchev–Trinajstić information content (AvgIpc) is 3.37. The number of hydrogen-bond donors (Lipinski definition) is 1. The molecular formula is C22H24FN3O2S. The Morgan fingerprint density at radius 1 is 1.31 bits per heavy atom. The second-order valence-corrected chi connectivity index (χ2v) is 8.66. The van der Waals surface area contributed by atoms with Crippen LogP contribution in [-0.4, -0.2) is 28.6 Å². The minimum absolute atomic E-state index is 0.0272. The van der Waals surface area contributed by atoms with Crippen molar-refractivity contribution in [1.82, 2.24) is 15.4 Å². The first-order valence-electron chi connectivity index (χ1n) is 9.77. The van der Waals surface area contributed by atoms with E-state index in [0.717, 1.165) is 29.8 Å². The molecule has 7 heteroatoms. The van der Waals surface area contributed by atoms with Crippen LogP contribution in [0.4, 0.5) is 4.39 Å². The van der Waals surface area contributed by atoms with Gasteiger partial charge in [0.2, 0.25) is 5.91 Å². The van der Waals surface area contributed by atoms with E-state index >= 15 is 0 Å². The lowest BCUT2D eigenvalue weighted by molar-refractivity contribution is -0.132. The Hall–Kier alpha value is -2.51. The molecule has 1 N–H and O–H groups in total. The molecule has 1 fully saturated rings. The molecule has 152 valence electrons. The number of hydrogen-bond acceptors (Lipinski definition) is 5. The van der Waals surface area contributed by atoms with Gasteiger partial charge < -0.3 is 9.84 Å². The van der Waals surface area contributed by atoms with Gasteiger partial charge in [0.05, 0.1) is 17.8 Å². The lowest BCUT2D eigenvalue weighted by Crippen LogP contribution is -2.56. The summed E-state index contributed by atoms with van der Waals surface area (Å²) in [6, 6.07) is 9.83. The smallest absolute Gasteiger partial charge is 0.237 e. The maximum Gasteiger partial charge on any atom is 0.237 e. The van der Waals surface area contributed by atoms with Gasteiger partial charge in [-0.05, 0) is 59.0 Å². The Labute approximate surface area is 173 Å². The fourth-order valence-corrected chi connectivity index (χ4v) is 4.44. The fourth-order valence-electron chi connectivity index (χ4n) is 3.73. The summed E-state index contributed by atoms with van der Waals surface area (Å²) < 4.78 is 18.6. The Balaban J connectivity index is 1.54. The number of nitrogens with one attached hydrogen (secondary N) is 1. The van der Waals surface area contributed by atoms with Crippen LogP contribution in [-0.2, 0) is 11.3 Å². The van der Waals surface area contributed by atoms with Crippen molar-refractivity contribution < 1.29 is 13.7 Å². The van der Waals surface area contributed by atoms with Crippen molar-refractivity contribution in [2.75, 3.05) is 6.54 Å². The summed E-state index contributed by atoms with van der Waals surface area (Å²) >= 11 is 1.63. The molecule has 0 radical (unpaired) electrons. The number of aromatic nitrogens is 1. The summed E-state index contributed by atoms with van der Waals surface area (Å²) in [6.07, 6.45) is 0.783. The van der Waals surface area contributed by atoms with Crippen LogP contribution in [0.2, 0.25) is 0 Å². The summed E-state index contributed by atoms with van der Waals surface area (Å²) in [5.74, 6) is 0.765. The molecule has 0 unspecified atom stereocenters. The Bertz CT molecular complexity index is 953. The third-order valence-electron chi connectivity index (χ3n) is 5.17. The summed E-state index contributed by atoms with van der Waals surface area (Å²) in [5.41, 5.74) is 2.66. The van der Waals surface area contributed by atoms with Gasteiger partial charge in [-0.3, -0.25) is 9.69 Å². The summed E-state index contributed by atoms with van der Waals surface area (Å²) in [4.78, 5) is 15.1. The number of rotatable bonds is 6. The van der Waals surface area contributed by atoms with Gasteiger partial charge in [0.25, 0.3) is 0 Å². The number of nitrogens with zero attached hydrogens (tertiary/aromatic N) is 2. The SMILES string of the molecule is CC(C)C[C@H]1C(=O)N[C@@H](c2ccsc2)CN1Cc1cc(-c2ccc(F)cc2)on1. The van der Waals surface area contributed by atoms with Crippen LogP contribution in [0.3, 0.4) is 0 Å². The highest BCUT2D eigenvalue weighted by Crippen LogP contribution is 2.28. The van der Waals surface area contributed by atoms with E-state index in [4.69, 9.17) is 4.52 Å². The third-order valence-corrected chi connectivity index (χ3v) is 5.87. The van der Waals surface area contributed by atoms with E-state index < -0.39 is 0 Å². The molecule has 29 heavy (non-hydrogen) atoms. The Morgan fingerprint density at radius 3 is 2.79 bits per heavy atom. The van der Waals surface area contributed by atoms with Gasteiger partial charge in [-0.2, -0.15) is 11.3 Å². The van der Waals surface area contributed by atoms with Crippen molar-refractivity contribution in [1.29, 1.82) is 0 Å². The van der Waals surface area contributed by atoms with E-state index in [1.54, 1.807) is 23.5 Å². The number of amides is 1. The fraction of sp³-hybridized carbons (Fsp3) is 0.364. The molecule has 1 saturated heterocycles. The zero-order valence-electron chi connectivity index (χ0n) is 16.5. The van der Waals surface area contributed by atoms with E-state index in [-0.39, 0.29) is 23.8 Å². The first kappa shape index (κ1) is 19.8.